The third-order valence-electron chi connectivity index (χ3n) is 2.39. The van der Waals surface area contributed by atoms with Crippen LogP contribution in [0.5, 0.6) is 5.75 Å². The van der Waals surface area contributed by atoms with E-state index in [0.717, 1.165) is 17.6 Å². The SMILES string of the molecule is COc1ccc(C=O)c(-c2ccc(C)o2)c1. The maximum Gasteiger partial charge on any atom is 0.150 e. The van der Waals surface area contributed by atoms with Crippen LogP contribution >= 0.6 is 0 Å². The second kappa shape index (κ2) is 4.23. The normalized spacial score (nSPS) is 10.1. The van der Waals surface area contributed by atoms with E-state index in [9.17, 15) is 4.79 Å². The van der Waals surface area contributed by atoms with Crippen molar-refractivity contribution in [3.8, 4) is 17.1 Å². The van der Waals surface area contributed by atoms with Gasteiger partial charge in [-0.3, -0.25) is 4.79 Å². The van der Waals surface area contributed by atoms with E-state index < -0.39 is 0 Å². The lowest BCUT2D eigenvalue weighted by Crippen LogP contribution is -1.89. The molecule has 1 aromatic carbocycles. The zero-order valence-corrected chi connectivity index (χ0v) is 9.19. The summed E-state index contributed by atoms with van der Waals surface area (Å²) in [5.41, 5.74) is 1.35. The number of carbonyl (C=O) groups is 1. The van der Waals surface area contributed by atoms with Gasteiger partial charge < -0.3 is 9.15 Å². The number of hydrogen-bond donors (Lipinski definition) is 0. The Balaban J connectivity index is 2.56. The highest BCUT2D eigenvalue weighted by atomic mass is 16.5. The number of hydrogen-bond acceptors (Lipinski definition) is 3. The molecule has 2 rings (SSSR count). The highest BCUT2D eigenvalue weighted by Gasteiger charge is 2.09. The Labute approximate surface area is 93.7 Å². The summed E-state index contributed by atoms with van der Waals surface area (Å²) in [4.78, 5) is 10.9. The third-order valence-corrected chi connectivity index (χ3v) is 2.39. The van der Waals surface area contributed by atoms with Gasteiger partial charge in [0.1, 0.15) is 17.3 Å². The van der Waals surface area contributed by atoms with E-state index in [0.29, 0.717) is 17.1 Å². The standard InChI is InChI=1S/C13H12O3/c1-9-3-6-13(16-9)12-7-11(15-2)5-4-10(12)8-14/h3-8H,1-2H3. The Hall–Kier alpha value is -2.03. The third kappa shape index (κ3) is 1.84. The molecule has 0 aliphatic carbocycles. The largest absolute Gasteiger partial charge is 0.497 e. The maximum atomic E-state index is 10.9. The van der Waals surface area contributed by atoms with Gasteiger partial charge >= 0.3 is 0 Å². The molecule has 1 heterocycles. The predicted octanol–water partition coefficient (Wildman–Crippen LogP) is 3.08. The molecule has 0 N–H and O–H groups in total. The summed E-state index contributed by atoms with van der Waals surface area (Å²) in [6.07, 6.45) is 0.812. The van der Waals surface area contributed by atoms with E-state index in [4.69, 9.17) is 9.15 Å². The Kier molecular flexibility index (Phi) is 2.77. The first-order valence-corrected chi connectivity index (χ1v) is 4.94. The lowest BCUT2D eigenvalue weighted by molar-refractivity contribution is 0.112. The van der Waals surface area contributed by atoms with Crippen molar-refractivity contribution >= 4 is 6.29 Å². The Morgan fingerprint density at radius 3 is 2.62 bits per heavy atom. The van der Waals surface area contributed by atoms with Crippen LogP contribution in [0.1, 0.15) is 16.1 Å². The number of ether oxygens (including phenoxy) is 1. The molecule has 0 radical (unpaired) electrons. The zero-order valence-electron chi connectivity index (χ0n) is 9.19. The summed E-state index contributed by atoms with van der Waals surface area (Å²) in [6, 6.07) is 8.98. The molecule has 0 aliphatic heterocycles. The summed E-state index contributed by atoms with van der Waals surface area (Å²) in [6.45, 7) is 1.87. The molecule has 3 heteroatoms. The van der Waals surface area contributed by atoms with Crippen LogP contribution in [0.2, 0.25) is 0 Å². The number of methoxy groups -OCH3 is 1. The molecule has 3 nitrogen and oxygen atoms in total. The highest BCUT2D eigenvalue weighted by molar-refractivity contribution is 5.86. The van der Waals surface area contributed by atoms with Crippen LogP contribution in [0.3, 0.4) is 0 Å². The van der Waals surface area contributed by atoms with Gasteiger partial charge in [0.2, 0.25) is 0 Å². The number of carbonyl (C=O) groups excluding carboxylic acids is 1. The first kappa shape index (κ1) is 10.5. The average Bonchev–Trinajstić information content (AvgIpc) is 2.75. The van der Waals surface area contributed by atoms with Gasteiger partial charge in [0, 0.05) is 11.1 Å². The van der Waals surface area contributed by atoms with Crippen LogP contribution in [-0.2, 0) is 0 Å². The molecule has 0 amide bonds. The van der Waals surface area contributed by atoms with Crippen molar-refractivity contribution in [2.24, 2.45) is 0 Å². The molecule has 1 aromatic heterocycles. The molecule has 0 bridgehead atoms. The molecule has 16 heavy (non-hydrogen) atoms. The molecule has 0 saturated carbocycles. The topological polar surface area (TPSA) is 39.4 Å². The predicted molar refractivity (Wildman–Crippen MR) is 60.8 cm³/mol. The van der Waals surface area contributed by atoms with Crippen molar-refractivity contribution in [3.05, 3.63) is 41.7 Å². The summed E-state index contributed by atoms with van der Waals surface area (Å²) in [5, 5.41) is 0. The molecule has 0 aliphatic rings. The van der Waals surface area contributed by atoms with E-state index in [-0.39, 0.29) is 0 Å². The van der Waals surface area contributed by atoms with Gasteiger partial charge in [-0.2, -0.15) is 0 Å². The van der Waals surface area contributed by atoms with Gasteiger partial charge in [-0.15, -0.1) is 0 Å². The average molecular weight is 216 g/mol. The fraction of sp³-hybridized carbons (Fsp3) is 0.154. The van der Waals surface area contributed by atoms with Crippen LogP contribution in [0.4, 0.5) is 0 Å². The Morgan fingerprint density at radius 1 is 1.25 bits per heavy atom. The van der Waals surface area contributed by atoms with E-state index in [1.807, 2.05) is 19.1 Å². The minimum Gasteiger partial charge on any atom is -0.497 e. The Bertz CT molecular complexity index is 512. The second-order valence-electron chi connectivity index (χ2n) is 3.48. The van der Waals surface area contributed by atoms with Crippen molar-refractivity contribution < 1.29 is 13.9 Å². The summed E-state index contributed by atoms with van der Waals surface area (Å²) >= 11 is 0. The lowest BCUT2D eigenvalue weighted by Gasteiger charge is -2.05. The number of aldehydes is 1. The van der Waals surface area contributed by atoms with Crippen molar-refractivity contribution in [1.29, 1.82) is 0 Å². The van der Waals surface area contributed by atoms with Crippen LogP contribution in [-0.4, -0.2) is 13.4 Å². The molecule has 0 spiro atoms. The van der Waals surface area contributed by atoms with Crippen molar-refractivity contribution in [3.63, 3.8) is 0 Å². The number of furan rings is 1. The summed E-state index contributed by atoms with van der Waals surface area (Å²) < 4.78 is 10.6. The second-order valence-corrected chi connectivity index (χ2v) is 3.48. The number of benzene rings is 1. The fourth-order valence-electron chi connectivity index (χ4n) is 1.56. The maximum absolute atomic E-state index is 10.9. The molecule has 0 saturated heterocycles. The molecule has 82 valence electrons. The van der Waals surface area contributed by atoms with Crippen LogP contribution < -0.4 is 4.74 Å². The van der Waals surface area contributed by atoms with Crippen molar-refractivity contribution in [2.45, 2.75) is 6.92 Å². The molecule has 0 fully saturated rings. The van der Waals surface area contributed by atoms with Crippen LogP contribution in [0.25, 0.3) is 11.3 Å². The fourth-order valence-corrected chi connectivity index (χ4v) is 1.56. The first-order valence-electron chi connectivity index (χ1n) is 4.94. The van der Waals surface area contributed by atoms with Crippen LogP contribution in [0.15, 0.2) is 34.7 Å². The highest BCUT2D eigenvalue weighted by Crippen LogP contribution is 2.28. The Morgan fingerprint density at radius 2 is 2.06 bits per heavy atom. The van der Waals surface area contributed by atoms with Gasteiger partial charge in [-0.05, 0) is 37.3 Å². The quantitative estimate of drug-likeness (QED) is 0.740. The van der Waals surface area contributed by atoms with Gasteiger partial charge in [0.05, 0.1) is 7.11 Å². The molecular weight excluding hydrogens is 204 g/mol. The first-order chi connectivity index (χ1) is 7.74. The minimum absolute atomic E-state index is 0.593. The molecule has 0 atom stereocenters. The minimum atomic E-state index is 0.593. The van der Waals surface area contributed by atoms with Crippen molar-refractivity contribution in [1.82, 2.24) is 0 Å². The monoisotopic (exact) mass is 216 g/mol. The smallest absolute Gasteiger partial charge is 0.150 e. The van der Waals surface area contributed by atoms with E-state index in [1.54, 1.807) is 25.3 Å². The van der Waals surface area contributed by atoms with Gasteiger partial charge in [-0.25, -0.2) is 0 Å². The van der Waals surface area contributed by atoms with Gasteiger partial charge in [0.15, 0.2) is 6.29 Å². The number of aryl methyl sites for hydroxylation is 1. The van der Waals surface area contributed by atoms with E-state index >= 15 is 0 Å². The summed E-state index contributed by atoms with van der Waals surface area (Å²) in [5.74, 6) is 2.20. The van der Waals surface area contributed by atoms with E-state index in [1.165, 1.54) is 0 Å². The van der Waals surface area contributed by atoms with E-state index in [2.05, 4.69) is 0 Å². The summed E-state index contributed by atoms with van der Waals surface area (Å²) in [7, 11) is 1.59. The van der Waals surface area contributed by atoms with Crippen LogP contribution in [0, 0.1) is 6.92 Å². The lowest BCUT2D eigenvalue weighted by atomic mass is 10.1. The molecule has 0 unspecified atom stereocenters. The van der Waals surface area contributed by atoms with Gasteiger partial charge in [0.25, 0.3) is 0 Å². The zero-order chi connectivity index (χ0) is 11.5. The molecule has 2 aromatic rings. The van der Waals surface area contributed by atoms with Gasteiger partial charge in [-0.1, -0.05) is 0 Å². The molecular formula is C13H12O3. The van der Waals surface area contributed by atoms with Crippen molar-refractivity contribution in [2.75, 3.05) is 7.11 Å². The number of rotatable bonds is 3.